The third-order valence-electron chi connectivity index (χ3n) is 3.41. The normalized spacial score (nSPS) is 21.1. The van der Waals surface area contributed by atoms with Crippen molar-refractivity contribution in [1.82, 2.24) is 4.90 Å². The number of amides is 1. The van der Waals surface area contributed by atoms with Gasteiger partial charge < -0.3 is 10.6 Å². The number of nitrogens with zero attached hydrogens (tertiary/aromatic N) is 1. The van der Waals surface area contributed by atoms with Crippen LogP contribution < -0.4 is 5.73 Å². The second-order valence-electron chi connectivity index (χ2n) is 4.78. The van der Waals surface area contributed by atoms with Gasteiger partial charge >= 0.3 is 0 Å². The fourth-order valence-electron chi connectivity index (χ4n) is 2.23. The molecule has 2 rings (SSSR count). The Bertz CT molecular complexity index is 464. The molecule has 1 saturated heterocycles. The van der Waals surface area contributed by atoms with Gasteiger partial charge in [0.15, 0.2) is 0 Å². The number of hydrogen-bond donors (Lipinski definition) is 1. The molecule has 1 fully saturated rings. The lowest BCUT2D eigenvalue weighted by molar-refractivity contribution is 0.0785. The number of carbonyl (C=O) groups excluding carboxylic acids is 1. The van der Waals surface area contributed by atoms with Gasteiger partial charge in [0.05, 0.1) is 5.56 Å². The Morgan fingerprint density at radius 2 is 2.33 bits per heavy atom. The van der Waals surface area contributed by atoms with Crippen LogP contribution in [0, 0.1) is 9.49 Å². The second kappa shape index (κ2) is 5.75. The van der Waals surface area contributed by atoms with Crippen molar-refractivity contribution in [2.45, 2.75) is 19.4 Å². The third kappa shape index (κ3) is 2.97. The summed E-state index contributed by atoms with van der Waals surface area (Å²) in [6.07, 6.45) is 0.987. The smallest absolute Gasteiger partial charge is 0.254 e. The molecule has 0 radical (unpaired) electrons. The summed E-state index contributed by atoms with van der Waals surface area (Å²) in [5, 5.41) is 0.599. The Morgan fingerprint density at radius 1 is 1.61 bits per heavy atom. The summed E-state index contributed by atoms with van der Waals surface area (Å²) < 4.78 is 0.936. The summed E-state index contributed by atoms with van der Waals surface area (Å²) >= 11 is 8.12. The molecule has 1 aromatic carbocycles. The van der Waals surface area contributed by atoms with Crippen molar-refractivity contribution >= 4 is 40.1 Å². The molecule has 0 aromatic heterocycles. The largest absolute Gasteiger partial charge is 0.338 e. The van der Waals surface area contributed by atoms with E-state index in [0.717, 1.165) is 23.1 Å². The first-order valence-electron chi connectivity index (χ1n) is 5.99. The topological polar surface area (TPSA) is 46.3 Å². The minimum Gasteiger partial charge on any atom is -0.338 e. The first-order chi connectivity index (χ1) is 8.49. The van der Waals surface area contributed by atoms with Crippen molar-refractivity contribution in [3.63, 3.8) is 0 Å². The van der Waals surface area contributed by atoms with E-state index < -0.39 is 0 Å². The molecule has 1 amide bonds. The Kier molecular flexibility index (Phi) is 4.50. The average molecular weight is 379 g/mol. The van der Waals surface area contributed by atoms with Crippen LogP contribution in [0.15, 0.2) is 18.2 Å². The van der Waals surface area contributed by atoms with Crippen LogP contribution in [0.5, 0.6) is 0 Å². The van der Waals surface area contributed by atoms with E-state index in [4.69, 9.17) is 17.3 Å². The quantitative estimate of drug-likeness (QED) is 0.805. The molecule has 0 saturated carbocycles. The molecule has 2 N–H and O–H groups in total. The zero-order valence-electron chi connectivity index (χ0n) is 10.2. The van der Waals surface area contributed by atoms with Crippen molar-refractivity contribution in [2.24, 2.45) is 11.7 Å². The van der Waals surface area contributed by atoms with Gasteiger partial charge in [-0.3, -0.25) is 4.79 Å². The molecule has 3 nitrogen and oxygen atoms in total. The van der Waals surface area contributed by atoms with Gasteiger partial charge in [0.2, 0.25) is 0 Å². The maximum atomic E-state index is 12.4. The molecule has 18 heavy (non-hydrogen) atoms. The van der Waals surface area contributed by atoms with Crippen LogP contribution in [-0.2, 0) is 0 Å². The van der Waals surface area contributed by atoms with Gasteiger partial charge in [0.1, 0.15) is 0 Å². The van der Waals surface area contributed by atoms with Crippen LogP contribution >= 0.6 is 34.2 Å². The van der Waals surface area contributed by atoms with Gasteiger partial charge in [-0.05, 0) is 60.1 Å². The molecule has 2 unspecified atom stereocenters. The molecule has 1 heterocycles. The Morgan fingerprint density at radius 3 is 2.94 bits per heavy atom. The number of rotatable bonds is 2. The maximum absolute atomic E-state index is 12.4. The van der Waals surface area contributed by atoms with Crippen molar-refractivity contribution in [1.29, 1.82) is 0 Å². The Hall–Kier alpha value is -0.330. The summed E-state index contributed by atoms with van der Waals surface area (Å²) in [6, 6.07) is 5.55. The molecule has 1 aliphatic heterocycles. The van der Waals surface area contributed by atoms with E-state index in [1.54, 1.807) is 12.1 Å². The summed E-state index contributed by atoms with van der Waals surface area (Å²) in [5.74, 6) is 0.468. The Balaban J connectivity index is 2.15. The summed E-state index contributed by atoms with van der Waals surface area (Å²) in [7, 11) is 0. The molecule has 2 atom stereocenters. The van der Waals surface area contributed by atoms with E-state index >= 15 is 0 Å². The van der Waals surface area contributed by atoms with Crippen LogP contribution in [0.4, 0.5) is 0 Å². The van der Waals surface area contributed by atoms with Crippen LogP contribution in [0.2, 0.25) is 5.02 Å². The van der Waals surface area contributed by atoms with Crippen LogP contribution in [-0.4, -0.2) is 29.9 Å². The van der Waals surface area contributed by atoms with Gasteiger partial charge in [-0.2, -0.15) is 0 Å². The lowest BCUT2D eigenvalue weighted by atomic mass is 10.0. The van der Waals surface area contributed by atoms with Gasteiger partial charge in [0, 0.05) is 27.7 Å². The molecule has 5 heteroatoms. The van der Waals surface area contributed by atoms with E-state index in [2.05, 4.69) is 22.6 Å². The molecule has 1 aromatic rings. The highest BCUT2D eigenvalue weighted by molar-refractivity contribution is 14.1. The van der Waals surface area contributed by atoms with Gasteiger partial charge in [-0.15, -0.1) is 0 Å². The lowest BCUT2D eigenvalue weighted by Gasteiger charge is -2.19. The number of halogens is 2. The molecule has 98 valence electrons. The first kappa shape index (κ1) is 14.1. The van der Waals surface area contributed by atoms with Gasteiger partial charge in [-0.1, -0.05) is 11.6 Å². The highest BCUT2D eigenvalue weighted by Crippen LogP contribution is 2.24. The molecule has 1 aliphatic rings. The summed E-state index contributed by atoms with van der Waals surface area (Å²) in [4.78, 5) is 14.3. The lowest BCUT2D eigenvalue weighted by Crippen LogP contribution is -2.33. The molecule has 0 spiro atoms. The number of likely N-dealkylation sites (tertiary alicyclic amines) is 1. The monoisotopic (exact) mass is 378 g/mol. The molecule has 0 bridgehead atoms. The second-order valence-corrected chi connectivity index (χ2v) is 6.38. The van der Waals surface area contributed by atoms with Crippen LogP contribution in [0.3, 0.4) is 0 Å². The number of hydrogen-bond acceptors (Lipinski definition) is 2. The van der Waals surface area contributed by atoms with Gasteiger partial charge in [-0.25, -0.2) is 0 Å². The van der Waals surface area contributed by atoms with E-state index in [1.807, 2.05) is 17.9 Å². The van der Waals surface area contributed by atoms with Crippen LogP contribution in [0.25, 0.3) is 0 Å². The maximum Gasteiger partial charge on any atom is 0.254 e. The highest BCUT2D eigenvalue weighted by Gasteiger charge is 2.29. The van der Waals surface area contributed by atoms with Gasteiger partial charge in [0.25, 0.3) is 5.91 Å². The SMILES string of the molecule is CC(N)C1CCN(C(=O)c2cc(Cl)ccc2I)C1. The predicted octanol–water partition coefficient (Wildman–Crippen LogP) is 2.75. The number of carbonyl (C=O) groups is 1. The summed E-state index contributed by atoms with van der Waals surface area (Å²) in [5.41, 5.74) is 6.58. The number of nitrogens with two attached hydrogens (primary N) is 1. The highest BCUT2D eigenvalue weighted by atomic mass is 127. The van der Waals surface area contributed by atoms with E-state index in [9.17, 15) is 4.79 Å². The van der Waals surface area contributed by atoms with Crippen molar-refractivity contribution in [2.75, 3.05) is 13.1 Å². The van der Waals surface area contributed by atoms with Crippen LogP contribution in [0.1, 0.15) is 23.7 Å². The number of benzene rings is 1. The van der Waals surface area contributed by atoms with Crippen molar-refractivity contribution < 1.29 is 4.79 Å². The van der Waals surface area contributed by atoms with Crippen molar-refractivity contribution in [3.05, 3.63) is 32.4 Å². The minimum absolute atomic E-state index is 0.0602. The fraction of sp³-hybridized carbons (Fsp3) is 0.462. The van der Waals surface area contributed by atoms with E-state index in [-0.39, 0.29) is 11.9 Å². The average Bonchev–Trinajstić information content (AvgIpc) is 2.81. The summed E-state index contributed by atoms with van der Waals surface area (Å²) in [6.45, 7) is 3.54. The standard InChI is InChI=1S/C13H16ClIN2O/c1-8(16)9-4-5-17(7-9)13(18)11-6-10(14)2-3-12(11)15/h2-3,6,8-9H,4-5,7,16H2,1H3. The first-order valence-corrected chi connectivity index (χ1v) is 7.44. The van der Waals surface area contributed by atoms with Crippen molar-refractivity contribution in [3.8, 4) is 0 Å². The minimum atomic E-state index is 0.0602. The molecular weight excluding hydrogens is 363 g/mol. The molecule has 0 aliphatic carbocycles. The fourth-order valence-corrected chi connectivity index (χ4v) is 2.97. The zero-order chi connectivity index (χ0) is 13.3. The molecular formula is C13H16ClIN2O. The van der Waals surface area contributed by atoms with E-state index in [0.29, 0.717) is 16.5 Å². The third-order valence-corrected chi connectivity index (χ3v) is 4.59. The Labute approximate surface area is 126 Å². The zero-order valence-corrected chi connectivity index (χ0v) is 13.1. The van der Waals surface area contributed by atoms with E-state index in [1.165, 1.54) is 0 Å². The predicted molar refractivity (Wildman–Crippen MR) is 81.8 cm³/mol.